The fourth-order valence-electron chi connectivity index (χ4n) is 3.18. The van der Waals surface area contributed by atoms with Gasteiger partial charge in [-0.25, -0.2) is 0 Å². The van der Waals surface area contributed by atoms with Crippen LogP contribution in [0.4, 0.5) is 0 Å². The van der Waals surface area contributed by atoms with Crippen LogP contribution in [0.25, 0.3) is 6.08 Å². The molecule has 0 saturated carbocycles. The number of carbonyl (C=O) groups excluding carboxylic acids is 2. The number of rotatable bonds is 5. The Bertz CT molecular complexity index is 1230. The molecule has 1 aliphatic rings. The molecule has 31 heavy (non-hydrogen) atoms. The van der Waals surface area contributed by atoms with Gasteiger partial charge in [-0.1, -0.05) is 40.9 Å². The molecule has 4 rings (SSSR count). The summed E-state index contributed by atoms with van der Waals surface area (Å²) in [4.78, 5) is 25.1. The summed E-state index contributed by atoms with van der Waals surface area (Å²) in [6.07, 6.45) is 1.61. The second kappa shape index (κ2) is 8.75. The molecular weight excluding hydrogens is 459 g/mol. The summed E-state index contributed by atoms with van der Waals surface area (Å²) < 4.78 is 11.4. The third kappa shape index (κ3) is 4.62. The molecule has 4 nitrogen and oxygen atoms in total. The van der Waals surface area contributed by atoms with Gasteiger partial charge in [-0.05, 0) is 66.6 Å². The first-order valence-corrected chi connectivity index (χ1v) is 10.4. The lowest BCUT2D eigenvalue weighted by molar-refractivity contribution is 0.0920. The Hall–Kier alpha value is -2.79. The van der Waals surface area contributed by atoms with Crippen LogP contribution in [0.15, 0.2) is 60.4 Å². The van der Waals surface area contributed by atoms with Gasteiger partial charge in [0.1, 0.15) is 11.5 Å². The maximum Gasteiger partial charge on any atom is 0.232 e. The van der Waals surface area contributed by atoms with Gasteiger partial charge in [-0.2, -0.15) is 0 Å². The van der Waals surface area contributed by atoms with Gasteiger partial charge in [0.25, 0.3) is 0 Å². The van der Waals surface area contributed by atoms with Crippen LogP contribution in [0.1, 0.15) is 31.8 Å². The predicted molar refractivity (Wildman–Crippen MR) is 122 cm³/mol. The monoisotopic (exact) mass is 472 g/mol. The second-order valence-corrected chi connectivity index (χ2v) is 8.20. The second-order valence-electron chi connectivity index (χ2n) is 6.95. The van der Waals surface area contributed by atoms with Crippen molar-refractivity contribution in [2.45, 2.75) is 6.92 Å². The van der Waals surface area contributed by atoms with Crippen LogP contribution in [0, 0.1) is 6.92 Å². The standard InChI is InChI=1S/C24H15Cl3O4/c1-13-8-17(30-12-20(28)15-3-5-16(25)6-4-15)11-21-23(13)24(29)22(31-21)10-14-2-7-18(26)19(27)9-14/h2-11H,12H2,1H3/b22-10-. The third-order valence-electron chi connectivity index (χ3n) is 4.72. The van der Waals surface area contributed by atoms with Crippen LogP contribution < -0.4 is 9.47 Å². The van der Waals surface area contributed by atoms with E-state index in [2.05, 4.69) is 0 Å². The first-order chi connectivity index (χ1) is 14.8. The van der Waals surface area contributed by atoms with Gasteiger partial charge in [0, 0.05) is 16.7 Å². The van der Waals surface area contributed by atoms with Crippen molar-refractivity contribution >= 4 is 52.4 Å². The van der Waals surface area contributed by atoms with Gasteiger partial charge < -0.3 is 9.47 Å². The van der Waals surface area contributed by atoms with Crippen LogP contribution in [0.5, 0.6) is 11.5 Å². The van der Waals surface area contributed by atoms with E-state index in [0.717, 1.165) is 0 Å². The van der Waals surface area contributed by atoms with Gasteiger partial charge in [0.05, 0.1) is 15.6 Å². The molecule has 0 saturated heterocycles. The maximum absolute atomic E-state index is 12.8. The Morgan fingerprint density at radius 3 is 2.45 bits per heavy atom. The molecule has 0 bridgehead atoms. The van der Waals surface area contributed by atoms with Gasteiger partial charge in [0.2, 0.25) is 5.78 Å². The van der Waals surface area contributed by atoms with E-state index in [9.17, 15) is 9.59 Å². The third-order valence-corrected chi connectivity index (χ3v) is 5.71. The van der Waals surface area contributed by atoms with Crippen LogP contribution in [-0.4, -0.2) is 18.2 Å². The lowest BCUT2D eigenvalue weighted by Gasteiger charge is -2.09. The SMILES string of the molecule is Cc1cc(OCC(=O)c2ccc(Cl)cc2)cc2c1C(=O)/C(=C/c1ccc(Cl)c(Cl)c1)O2. The minimum absolute atomic E-state index is 0.153. The number of aryl methyl sites for hydroxylation is 1. The Morgan fingerprint density at radius 1 is 1.00 bits per heavy atom. The predicted octanol–water partition coefficient (Wildman–Crippen LogP) is 6.83. The largest absolute Gasteiger partial charge is 0.485 e. The quantitative estimate of drug-likeness (QED) is 0.301. The normalized spacial score (nSPS) is 13.8. The van der Waals surface area contributed by atoms with Crippen molar-refractivity contribution < 1.29 is 19.1 Å². The van der Waals surface area contributed by atoms with E-state index in [4.69, 9.17) is 44.3 Å². The Morgan fingerprint density at radius 2 is 1.74 bits per heavy atom. The smallest absolute Gasteiger partial charge is 0.232 e. The van der Waals surface area contributed by atoms with E-state index in [1.807, 2.05) is 0 Å². The van der Waals surface area contributed by atoms with E-state index in [1.165, 1.54) is 0 Å². The fourth-order valence-corrected chi connectivity index (χ4v) is 3.61. The molecular formula is C24H15Cl3O4. The van der Waals surface area contributed by atoms with Crippen molar-refractivity contribution in [3.8, 4) is 11.5 Å². The van der Waals surface area contributed by atoms with E-state index in [-0.39, 0.29) is 23.9 Å². The van der Waals surface area contributed by atoms with E-state index in [1.54, 1.807) is 67.6 Å². The number of ketones is 2. The number of ether oxygens (including phenoxy) is 2. The molecule has 0 spiro atoms. The summed E-state index contributed by atoms with van der Waals surface area (Å²) in [7, 11) is 0. The summed E-state index contributed by atoms with van der Waals surface area (Å²) in [5, 5.41) is 1.37. The first kappa shape index (κ1) is 21.4. The zero-order chi connectivity index (χ0) is 22.1. The molecule has 0 N–H and O–H groups in total. The van der Waals surface area contributed by atoms with E-state index in [0.29, 0.717) is 48.8 Å². The number of fused-ring (bicyclic) bond motifs is 1. The summed E-state index contributed by atoms with van der Waals surface area (Å²) in [6.45, 7) is 1.63. The van der Waals surface area contributed by atoms with Crippen LogP contribution in [0.2, 0.25) is 15.1 Å². The number of halogens is 3. The highest BCUT2D eigenvalue weighted by Crippen LogP contribution is 2.38. The molecule has 3 aromatic rings. The minimum atomic E-state index is -0.234. The lowest BCUT2D eigenvalue weighted by atomic mass is 10.0. The summed E-state index contributed by atoms with van der Waals surface area (Å²) >= 11 is 17.8. The Balaban J connectivity index is 1.52. The molecule has 1 aliphatic heterocycles. The highest BCUT2D eigenvalue weighted by molar-refractivity contribution is 6.42. The number of hydrogen-bond acceptors (Lipinski definition) is 4. The molecule has 0 unspecified atom stereocenters. The number of allylic oxidation sites excluding steroid dienone is 1. The molecule has 0 atom stereocenters. The average molecular weight is 474 g/mol. The number of carbonyl (C=O) groups is 2. The lowest BCUT2D eigenvalue weighted by Crippen LogP contribution is -2.11. The number of hydrogen-bond donors (Lipinski definition) is 0. The molecule has 0 amide bonds. The molecule has 0 fully saturated rings. The van der Waals surface area contributed by atoms with E-state index >= 15 is 0 Å². The summed E-state index contributed by atoms with van der Waals surface area (Å²) in [5.41, 5.74) is 2.34. The molecule has 0 aliphatic carbocycles. The van der Waals surface area contributed by atoms with Crippen molar-refractivity contribution in [2.24, 2.45) is 0 Å². The van der Waals surface area contributed by atoms with Crippen molar-refractivity contribution in [1.29, 1.82) is 0 Å². The summed E-state index contributed by atoms with van der Waals surface area (Å²) in [5.74, 6) is 0.563. The number of Topliss-reactive ketones (excluding diaryl/α,β-unsaturated/α-hetero) is 2. The van der Waals surface area contributed by atoms with Crippen molar-refractivity contribution in [2.75, 3.05) is 6.61 Å². The van der Waals surface area contributed by atoms with Crippen molar-refractivity contribution in [1.82, 2.24) is 0 Å². The molecule has 0 radical (unpaired) electrons. The van der Waals surface area contributed by atoms with Crippen molar-refractivity contribution in [3.63, 3.8) is 0 Å². The van der Waals surface area contributed by atoms with Gasteiger partial charge in [-0.3, -0.25) is 9.59 Å². The molecule has 0 aromatic heterocycles. The van der Waals surface area contributed by atoms with Gasteiger partial charge >= 0.3 is 0 Å². The van der Waals surface area contributed by atoms with Crippen LogP contribution >= 0.6 is 34.8 Å². The van der Waals surface area contributed by atoms with E-state index < -0.39 is 0 Å². The maximum atomic E-state index is 12.8. The van der Waals surface area contributed by atoms with Crippen LogP contribution in [-0.2, 0) is 0 Å². The average Bonchev–Trinajstić information content (AvgIpc) is 3.05. The van der Waals surface area contributed by atoms with Gasteiger partial charge in [0.15, 0.2) is 18.1 Å². The first-order valence-electron chi connectivity index (χ1n) is 9.27. The van der Waals surface area contributed by atoms with Crippen LogP contribution in [0.3, 0.4) is 0 Å². The highest BCUT2D eigenvalue weighted by atomic mass is 35.5. The number of benzene rings is 3. The summed E-state index contributed by atoms with van der Waals surface area (Å²) in [6, 6.07) is 14.9. The topological polar surface area (TPSA) is 52.6 Å². The molecule has 7 heteroatoms. The van der Waals surface area contributed by atoms with Gasteiger partial charge in [-0.15, -0.1) is 0 Å². The fraction of sp³-hybridized carbons (Fsp3) is 0.0833. The molecule has 3 aromatic carbocycles. The zero-order valence-corrected chi connectivity index (χ0v) is 18.5. The highest BCUT2D eigenvalue weighted by Gasteiger charge is 2.30. The zero-order valence-electron chi connectivity index (χ0n) is 16.2. The molecule has 156 valence electrons. The molecule has 1 heterocycles. The Kier molecular flexibility index (Phi) is 6.05. The Labute approximate surface area is 193 Å². The van der Waals surface area contributed by atoms with Crippen molar-refractivity contribution in [3.05, 3.63) is 97.7 Å². The minimum Gasteiger partial charge on any atom is -0.485 e.